The summed E-state index contributed by atoms with van der Waals surface area (Å²) in [6.07, 6.45) is 19.8. The van der Waals surface area contributed by atoms with Gasteiger partial charge in [0.05, 0.1) is 0 Å². The van der Waals surface area contributed by atoms with Crippen molar-refractivity contribution in [3.05, 3.63) is 12.2 Å². The average Bonchev–Trinajstić information content (AvgIpc) is 2.68. The fourth-order valence-corrected chi connectivity index (χ4v) is 3.55. The molecule has 1 rings (SSSR count). The molecule has 0 bridgehead atoms. The quantitative estimate of drug-likeness (QED) is 0.196. The highest BCUT2D eigenvalue weighted by Crippen LogP contribution is 2.14. The maximum atomic E-state index is 12.1. The molecule has 5 nitrogen and oxygen atoms in total. The summed E-state index contributed by atoms with van der Waals surface area (Å²) in [4.78, 5) is 23.3. The molecule has 0 unspecified atom stereocenters. The summed E-state index contributed by atoms with van der Waals surface area (Å²) in [7, 11) is 0. The fraction of sp³-hybridized carbons (Fsp3) is 0.826. The van der Waals surface area contributed by atoms with E-state index in [1.165, 1.54) is 70.6 Å². The highest BCUT2D eigenvalue weighted by Gasteiger charge is 2.31. The van der Waals surface area contributed by atoms with Crippen LogP contribution in [-0.4, -0.2) is 30.8 Å². The zero-order chi connectivity index (χ0) is 20.5. The van der Waals surface area contributed by atoms with Crippen LogP contribution in [0.2, 0.25) is 0 Å². The summed E-state index contributed by atoms with van der Waals surface area (Å²) in [6.45, 7) is 4.28. The molecular weight excluding hydrogens is 354 g/mol. The van der Waals surface area contributed by atoms with Gasteiger partial charge in [0.1, 0.15) is 18.8 Å². The Hall–Kier alpha value is -1.52. The van der Waals surface area contributed by atoms with Crippen LogP contribution in [-0.2, 0) is 14.3 Å². The summed E-state index contributed by atoms with van der Waals surface area (Å²) in [5.41, 5.74) is 0. The number of allylic oxidation sites excluding steroid dienone is 1. The summed E-state index contributed by atoms with van der Waals surface area (Å²) in [6, 6.07) is -0.302. The van der Waals surface area contributed by atoms with E-state index in [4.69, 9.17) is 9.47 Å². The molecule has 1 fully saturated rings. The van der Waals surface area contributed by atoms with Gasteiger partial charge in [-0.15, -0.1) is 0 Å². The van der Waals surface area contributed by atoms with Gasteiger partial charge in [-0.25, -0.2) is 4.79 Å². The van der Waals surface area contributed by atoms with Gasteiger partial charge < -0.3 is 14.8 Å². The van der Waals surface area contributed by atoms with Crippen LogP contribution in [0.5, 0.6) is 0 Å². The van der Waals surface area contributed by atoms with Crippen molar-refractivity contribution < 1.29 is 19.1 Å². The molecular formula is C23H41NO4. The van der Waals surface area contributed by atoms with Crippen LogP contribution in [0, 0.1) is 0 Å². The lowest BCUT2D eigenvalue weighted by molar-refractivity contribution is -0.124. The van der Waals surface area contributed by atoms with Gasteiger partial charge in [-0.1, -0.05) is 90.0 Å². The number of hydrogen-bond donors (Lipinski definition) is 1. The Morgan fingerprint density at radius 1 is 0.964 bits per heavy atom. The normalized spacial score (nSPS) is 19.4. The summed E-state index contributed by atoms with van der Waals surface area (Å²) >= 11 is 0. The second-order valence-electron chi connectivity index (χ2n) is 7.84. The molecule has 1 saturated heterocycles. The fourth-order valence-electron chi connectivity index (χ4n) is 3.55. The van der Waals surface area contributed by atoms with Crippen molar-refractivity contribution in [2.45, 2.75) is 116 Å². The van der Waals surface area contributed by atoms with E-state index in [-0.39, 0.29) is 18.6 Å². The monoisotopic (exact) mass is 395 g/mol. The van der Waals surface area contributed by atoms with Gasteiger partial charge in [0.25, 0.3) is 0 Å². The van der Waals surface area contributed by atoms with Gasteiger partial charge in [-0.05, 0) is 19.4 Å². The molecule has 1 aliphatic rings. The van der Waals surface area contributed by atoms with Crippen LogP contribution in [0.4, 0.5) is 4.79 Å². The van der Waals surface area contributed by atoms with E-state index in [1.807, 2.05) is 13.0 Å². The third-order valence-corrected chi connectivity index (χ3v) is 5.25. The van der Waals surface area contributed by atoms with Gasteiger partial charge in [-0.3, -0.25) is 4.79 Å². The second kappa shape index (κ2) is 16.4. The first-order chi connectivity index (χ1) is 13.7. The van der Waals surface area contributed by atoms with E-state index >= 15 is 0 Å². The molecule has 2 atom stereocenters. The van der Waals surface area contributed by atoms with Crippen molar-refractivity contribution in [3.63, 3.8) is 0 Å². The summed E-state index contributed by atoms with van der Waals surface area (Å²) < 4.78 is 9.98. The first-order valence-corrected chi connectivity index (χ1v) is 11.4. The Morgan fingerprint density at radius 3 is 2.04 bits per heavy atom. The van der Waals surface area contributed by atoms with Crippen molar-refractivity contribution in [1.82, 2.24) is 5.32 Å². The Kier molecular flexibility index (Phi) is 14.4. The largest absolute Gasteiger partial charge is 0.509 e. The minimum atomic E-state index is -0.676. The van der Waals surface area contributed by atoms with Crippen LogP contribution in [0.3, 0.4) is 0 Å². The summed E-state index contributed by atoms with van der Waals surface area (Å²) in [5.74, 6) is 0.00382. The smallest absolute Gasteiger partial charge is 0.432 e. The number of ether oxygens (including phenoxy) is 2. The van der Waals surface area contributed by atoms with Crippen molar-refractivity contribution in [1.29, 1.82) is 0 Å². The molecule has 1 heterocycles. The van der Waals surface area contributed by atoms with E-state index in [0.717, 1.165) is 12.8 Å². The highest BCUT2D eigenvalue weighted by atomic mass is 16.7. The van der Waals surface area contributed by atoms with E-state index in [0.29, 0.717) is 6.42 Å². The van der Waals surface area contributed by atoms with Crippen LogP contribution < -0.4 is 5.32 Å². The van der Waals surface area contributed by atoms with Crippen LogP contribution in [0.15, 0.2) is 12.2 Å². The molecule has 0 spiro atoms. The van der Waals surface area contributed by atoms with E-state index in [1.54, 1.807) is 6.08 Å². The SMILES string of the molecule is C/C=C/[C@H]1OC(=O)OC[C@@H]1NC(=O)CCCCCCCCCCCCCCC. The van der Waals surface area contributed by atoms with Crippen LogP contribution in [0.25, 0.3) is 0 Å². The predicted octanol–water partition coefficient (Wildman–Crippen LogP) is 6.06. The molecule has 1 N–H and O–H groups in total. The van der Waals surface area contributed by atoms with Crippen molar-refractivity contribution >= 4 is 12.1 Å². The number of carbonyl (C=O) groups excluding carboxylic acids is 2. The number of hydrogen-bond acceptors (Lipinski definition) is 4. The number of carbonyl (C=O) groups is 2. The standard InChI is InChI=1S/C23H41NO4/c1-3-5-6-7-8-9-10-11-12-13-14-15-16-18-22(25)24-20-19-27-23(26)28-21(20)17-4-2/h4,17,20-21H,3,5-16,18-19H2,1-2H3,(H,24,25)/b17-4+/t20-,21+/m0/s1. The minimum Gasteiger partial charge on any atom is -0.432 e. The summed E-state index contributed by atoms with van der Waals surface area (Å²) in [5, 5.41) is 2.93. The third-order valence-electron chi connectivity index (χ3n) is 5.25. The lowest BCUT2D eigenvalue weighted by Crippen LogP contribution is -2.51. The van der Waals surface area contributed by atoms with E-state index in [9.17, 15) is 9.59 Å². The molecule has 0 aromatic carbocycles. The first kappa shape index (κ1) is 24.5. The average molecular weight is 396 g/mol. The Labute approximate surface area is 171 Å². The number of amides is 1. The van der Waals surface area contributed by atoms with Crippen LogP contribution in [0.1, 0.15) is 104 Å². The molecule has 0 aliphatic carbocycles. The number of nitrogens with one attached hydrogen (secondary N) is 1. The zero-order valence-corrected chi connectivity index (χ0v) is 18.0. The zero-order valence-electron chi connectivity index (χ0n) is 18.0. The van der Waals surface area contributed by atoms with E-state index < -0.39 is 12.3 Å². The molecule has 0 radical (unpaired) electrons. The number of rotatable bonds is 16. The molecule has 162 valence electrons. The van der Waals surface area contributed by atoms with Crippen molar-refractivity contribution in [3.8, 4) is 0 Å². The van der Waals surface area contributed by atoms with Gasteiger partial charge in [0, 0.05) is 6.42 Å². The molecule has 1 amide bonds. The van der Waals surface area contributed by atoms with Gasteiger partial charge in [-0.2, -0.15) is 0 Å². The molecule has 0 aromatic heterocycles. The van der Waals surface area contributed by atoms with Gasteiger partial charge in [0.15, 0.2) is 0 Å². The molecule has 28 heavy (non-hydrogen) atoms. The Morgan fingerprint density at radius 2 is 1.50 bits per heavy atom. The minimum absolute atomic E-state index is 0.00382. The highest BCUT2D eigenvalue weighted by molar-refractivity contribution is 5.76. The maximum absolute atomic E-state index is 12.1. The maximum Gasteiger partial charge on any atom is 0.509 e. The van der Waals surface area contributed by atoms with Crippen molar-refractivity contribution in [2.75, 3.05) is 6.61 Å². The number of cyclic esters (lactones) is 2. The molecule has 0 saturated carbocycles. The number of unbranched alkanes of at least 4 members (excludes halogenated alkanes) is 12. The molecule has 1 aliphatic heterocycles. The lowest BCUT2D eigenvalue weighted by atomic mass is 10.0. The first-order valence-electron chi connectivity index (χ1n) is 11.4. The lowest BCUT2D eigenvalue weighted by Gasteiger charge is -2.29. The van der Waals surface area contributed by atoms with Crippen LogP contribution >= 0.6 is 0 Å². The Balaban J connectivity index is 1.95. The molecule has 5 heteroatoms. The van der Waals surface area contributed by atoms with Gasteiger partial charge >= 0.3 is 6.16 Å². The van der Waals surface area contributed by atoms with E-state index in [2.05, 4.69) is 12.2 Å². The second-order valence-corrected chi connectivity index (χ2v) is 7.84. The molecule has 0 aromatic rings. The van der Waals surface area contributed by atoms with Gasteiger partial charge in [0.2, 0.25) is 5.91 Å². The predicted molar refractivity (Wildman–Crippen MR) is 113 cm³/mol. The third kappa shape index (κ3) is 12.0. The Bertz CT molecular complexity index is 450. The van der Waals surface area contributed by atoms with Crippen molar-refractivity contribution in [2.24, 2.45) is 0 Å². The topological polar surface area (TPSA) is 64.6 Å².